The molecule has 6 heteroatoms. The SMILES string of the molecule is CC(=O)C1=C(C)NC(SCc2ccc(Cl)cc2)=C(C#N)C1c1ccc(Cl)cc1. The van der Waals surface area contributed by atoms with Crippen LogP contribution >= 0.6 is 35.0 Å². The Hall–Kier alpha value is -2.19. The molecule has 2 aromatic carbocycles. The van der Waals surface area contributed by atoms with Gasteiger partial charge in [0.1, 0.15) is 0 Å². The van der Waals surface area contributed by atoms with Gasteiger partial charge in [-0.05, 0) is 49.2 Å². The molecule has 1 atom stereocenters. The number of nitriles is 1. The number of nitrogens with zero attached hydrogens (tertiary/aromatic N) is 1. The van der Waals surface area contributed by atoms with E-state index in [9.17, 15) is 10.1 Å². The zero-order valence-electron chi connectivity index (χ0n) is 15.4. The molecule has 1 aliphatic rings. The number of rotatable bonds is 5. The van der Waals surface area contributed by atoms with Gasteiger partial charge in [-0.3, -0.25) is 4.79 Å². The standard InChI is InChI=1S/C22H18Cl2N2OS/c1-13-20(14(2)27)21(16-5-9-18(24)10-6-16)19(11-25)22(26-13)28-12-15-3-7-17(23)8-4-15/h3-10,21,26H,12H2,1-2H3. The highest BCUT2D eigenvalue weighted by molar-refractivity contribution is 8.02. The number of halogens is 2. The van der Waals surface area contributed by atoms with Crippen molar-refractivity contribution in [1.82, 2.24) is 5.32 Å². The number of allylic oxidation sites excluding steroid dienone is 3. The fourth-order valence-electron chi connectivity index (χ4n) is 3.22. The van der Waals surface area contributed by atoms with Crippen LogP contribution in [0.2, 0.25) is 10.0 Å². The highest BCUT2D eigenvalue weighted by atomic mass is 35.5. The number of hydrogen-bond donors (Lipinski definition) is 1. The lowest BCUT2D eigenvalue weighted by molar-refractivity contribution is -0.113. The molecule has 0 spiro atoms. The van der Waals surface area contributed by atoms with Gasteiger partial charge >= 0.3 is 0 Å². The zero-order chi connectivity index (χ0) is 20.3. The van der Waals surface area contributed by atoms with Gasteiger partial charge in [0.05, 0.1) is 22.6 Å². The maximum atomic E-state index is 12.4. The summed E-state index contributed by atoms with van der Waals surface area (Å²) in [5, 5.41) is 15.3. The van der Waals surface area contributed by atoms with Crippen LogP contribution in [0.5, 0.6) is 0 Å². The molecule has 0 amide bonds. The lowest BCUT2D eigenvalue weighted by atomic mass is 9.81. The minimum Gasteiger partial charge on any atom is -0.353 e. The van der Waals surface area contributed by atoms with E-state index >= 15 is 0 Å². The number of dihydropyridines is 1. The number of Topliss-reactive ketones (excluding diaryl/α,β-unsaturated/α-hetero) is 1. The van der Waals surface area contributed by atoms with Crippen molar-refractivity contribution in [2.75, 3.05) is 0 Å². The van der Waals surface area contributed by atoms with Crippen LogP contribution < -0.4 is 5.32 Å². The number of carbonyl (C=O) groups excluding carboxylic acids is 1. The van der Waals surface area contributed by atoms with Crippen molar-refractivity contribution in [3.05, 3.63) is 91.6 Å². The fourth-order valence-corrected chi connectivity index (χ4v) is 4.52. The van der Waals surface area contributed by atoms with Crippen molar-refractivity contribution in [3.63, 3.8) is 0 Å². The third-order valence-corrected chi connectivity index (χ3v) is 6.12. The van der Waals surface area contributed by atoms with Gasteiger partial charge in [0.2, 0.25) is 0 Å². The van der Waals surface area contributed by atoms with Gasteiger partial charge in [-0.15, -0.1) is 11.8 Å². The third kappa shape index (κ3) is 4.44. The van der Waals surface area contributed by atoms with E-state index in [4.69, 9.17) is 23.2 Å². The topological polar surface area (TPSA) is 52.9 Å². The average Bonchev–Trinajstić information content (AvgIpc) is 2.67. The summed E-state index contributed by atoms with van der Waals surface area (Å²) in [7, 11) is 0. The fraction of sp³-hybridized carbons (Fsp3) is 0.182. The lowest BCUT2D eigenvalue weighted by Gasteiger charge is -2.29. The summed E-state index contributed by atoms with van der Waals surface area (Å²) in [5.41, 5.74) is 3.89. The second-order valence-corrected chi connectivity index (χ2v) is 8.33. The van der Waals surface area contributed by atoms with Crippen LogP contribution in [-0.2, 0) is 10.5 Å². The summed E-state index contributed by atoms with van der Waals surface area (Å²) in [6.07, 6.45) is 0. The first-order valence-corrected chi connectivity index (χ1v) is 10.4. The first-order chi connectivity index (χ1) is 13.4. The number of thioether (sulfide) groups is 1. The van der Waals surface area contributed by atoms with Gasteiger partial charge in [-0.2, -0.15) is 5.26 Å². The molecule has 3 nitrogen and oxygen atoms in total. The van der Waals surface area contributed by atoms with Crippen LogP contribution in [0.1, 0.15) is 30.9 Å². The summed E-state index contributed by atoms with van der Waals surface area (Å²) < 4.78 is 0. The Morgan fingerprint density at radius 2 is 1.68 bits per heavy atom. The molecule has 1 unspecified atom stereocenters. The number of benzene rings is 2. The molecule has 0 bridgehead atoms. The predicted molar refractivity (Wildman–Crippen MR) is 116 cm³/mol. The largest absolute Gasteiger partial charge is 0.353 e. The lowest BCUT2D eigenvalue weighted by Crippen LogP contribution is -2.27. The molecule has 28 heavy (non-hydrogen) atoms. The van der Waals surface area contributed by atoms with Crippen LogP contribution in [-0.4, -0.2) is 5.78 Å². The van der Waals surface area contributed by atoms with E-state index in [0.717, 1.165) is 21.9 Å². The van der Waals surface area contributed by atoms with Gasteiger partial charge in [-0.25, -0.2) is 0 Å². The van der Waals surface area contributed by atoms with Crippen molar-refractivity contribution in [2.45, 2.75) is 25.5 Å². The Labute approximate surface area is 179 Å². The summed E-state index contributed by atoms with van der Waals surface area (Å²) in [4.78, 5) is 12.4. The van der Waals surface area contributed by atoms with Crippen LogP contribution in [0.15, 0.2) is 70.4 Å². The van der Waals surface area contributed by atoms with Gasteiger partial charge < -0.3 is 5.32 Å². The summed E-state index contributed by atoms with van der Waals surface area (Å²) >= 11 is 13.5. The second kappa shape index (κ2) is 8.87. The van der Waals surface area contributed by atoms with Crippen molar-refractivity contribution < 1.29 is 4.79 Å². The van der Waals surface area contributed by atoms with Gasteiger partial charge in [-0.1, -0.05) is 47.5 Å². The molecule has 142 valence electrons. The number of carbonyl (C=O) groups is 1. The Balaban J connectivity index is 1.99. The van der Waals surface area contributed by atoms with E-state index in [1.165, 1.54) is 18.7 Å². The Kier molecular flexibility index (Phi) is 6.51. The quantitative estimate of drug-likeness (QED) is 0.614. The molecule has 0 saturated carbocycles. The Bertz CT molecular complexity index is 1000. The molecule has 3 rings (SSSR count). The minimum atomic E-state index is -0.409. The molecule has 0 fully saturated rings. The van der Waals surface area contributed by atoms with Crippen LogP contribution in [0.3, 0.4) is 0 Å². The van der Waals surface area contributed by atoms with Gasteiger partial charge in [0.25, 0.3) is 0 Å². The maximum absolute atomic E-state index is 12.4. The highest BCUT2D eigenvalue weighted by Crippen LogP contribution is 2.41. The first kappa shape index (κ1) is 20.5. The Morgan fingerprint density at radius 3 is 2.21 bits per heavy atom. The van der Waals surface area contributed by atoms with Crippen molar-refractivity contribution >= 4 is 40.7 Å². The smallest absolute Gasteiger partial charge is 0.158 e. The van der Waals surface area contributed by atoms with Gasteiger partial charge in [0.15, 0.2) is 5.78 Å². The van der Waals surface area contributed by atoms with E-state index in [1.54, 1.807) is 12.1 Å². The molecule has 1 N–H and O–H groups in total. The number of nitrogens with one attached hydrogen (secondary N) is 1. The molecule has 0 aliphatic carbocycles. The minimum absolute atomic E-state index is 0.0561. The molecule has 1 heterocycles. The maximum Gasteiger partial charge on any atom is 0.158 e. The normalized spacial score (nSPS) is 16.6. The van der Waals surface area contributed by atoms with E-state index in [0.29, 0.717) is 26.9 Å². The molecular formula is C22H18Cl2N2OS. The molecule has 0 saturated heterocycles. The van der Waals surface area contributed by atoms with Crippen LogP contribution in [0, 0.1) is 11.3 Å². The molecule has 2 aromatic rings. The highest BCUT2D eigenvalue weighted by Gasteiger charge is 2.32. The summed E-state index contributed by atoms with van der Waals surface area (Å²) in [5.74, 6) is 0.217. The third-order valence-electron chi connectivity index (χ3n) is 4.53. The molecular weight excluding hydrogens is 411 g/mol. The van der Waals surface area contributed by atoms with E-state index in [-0.39, 0.29) is 5.78 Å². The zero-order valence-corrected chi connectivity index (χ0v) is 17.8. The number of ketones is 1. The van der Waals surface area contributed by atoms with E-state index in [1.807, 2.05) is 43.3 Å². The molecule has 1 aliphatic heterocycles. The van der Waals surface area contributed by atoms with E-state index in [2.05, 4.69) is 11.4 Å². The Morgan fingerprint density at radius 1 is 1.11 bits per heavy atom. The summed E-state index contributed by atoms with van der Waals surface area (Å²) in [6, 6.07) is 17.2. The van der Waals surface area contributed by atoms with Gasteiger partial charge in [0, 0.05) is 27.1 Å². The van der Waals surface area contributed by atoms with E-state index < -0.39 is 5.92 Å². The molecule has 0 radical (unpaired) electrons. The van der Waals surface area contributed by atoms with Crippen molar-refractivity contribution in [2.24, 2.45) is 0 Å². The monoisotopic (exact) mass is 428 g/mol. The predicted octanol–water partition coefficient (Wildman–Crippen LogP) is 6.21. The second-order valence-electron chi connectivity index (χ2n) is 6.47. The van der Waals surface area contributed by atoms with Crippen LogP contribution in [0.25, 0.3) is 0 Å². The summed E-state index contributed by atoms with van der Waals surface area (Å²) in [6.45, 7) is 3.40. The van der Waals surface area contributed by atoms with Crippen molar-refractivity contribution in [1.29, 1.82) is 5.26 Å². The van der Waals surface area contributed by atoms with Crippen LogP contribution in [0.4, 0.5) is 0 Å². The molecule has 0 aromatic heterocycles. The number of hydrogen-bond acceptors (Lipinski definition) is 4. The average molecular weight is 429 g/mol. The first-order valence-electron chi connectivity index (χ1n) is 8.66. The van der Waals surface area contributed by atoms with Crippen molar-refractivity contribution in [3.8, 4) is 6.07 Å².